The minimum absolute atomic E-state index is 0.0465. The first-order chi connectivity index (χ1) is 7.18. The van der Waals surface area contributed by atoms with E-state index in [1.54, 1.807) is 13.0 Å². The van der Waals surface area contributed by atoms with E-state index in [2.05, 4.69) is 0 Å². The summed E-state index contributed by atoms with van der Waals surface area (Å²) >= 11 is 0. The van der Waals surface area contributed by atoms with Crippen molar-refractivity contribution in [2.45, 2.75) is 31.6 Å². The number of hydrogen-bond acceptors (Lipinski definition) is 1. The Kier molecular flexibility index (Phi) is 2.59. The molecule has 0 spiro atoms. The lowest BCUT2D eigenvalue weighted by molar-refractivity contribution is 0.101. The number of carbonyl (C=O) groups excluding carboxylic acids is 1. The van der Waals surface area contributed by atoms with Crippen LogP contribution in [0.3, 0.4) is 0 Å². The monoisotopic (exact) mass is 206 g/mol. The highest BCUT2D eigenvalue weighted by atomic mass is 19.1. The minimum Gasteiger partial charge on any atom is -0.295 e. The largest absolute Gasteiger partial charge is 0.295 e. The van der Waals surface area contributed by atoms with Crippen LogP contribution in [0.25, 0.3) is 0 Å². The van der Waals surface area contributed by atoms with E-state index in [1.165, 1.54) is 0 Å². The number of ketones is 1. The molecule has 2 heteroatoms. The summed E-state index contributed by atoms with van der Waals surface area (Å²) in [7, 11) is 0. The second-order valence-corrected chi connectivity index (χ2v) is 4.40. The summed E-state index contributed by atoms with van der Waals surface area (Å²) in [5.74, 6) is 0.0465. The van der Waals surface area contributed by atoms with Gasteiger partial charge in [-0.05, 0) is 31.4 Å². The highest BCUT2D eigenvalue weighted by molar-refractivity contribution is 5.94. The molecule has 0 aromatic heterocycles. The molecule has 0 radical (unpaired) electrons. The number of rotatable bonds is 3. The first-order valence-corrected chi connectivity index (χ1v) is 5.35. The lowest BCUT2D eigenvalue weighted by Crippen LogP contribution is -2.36. The van der Waals surface area contributed by atoms with Crippen LogP contribution < -0.4 is 0 Å². The molecule has 0 bridgehead atoms. The van der Waals surface area contributed by atoms with Crippen molar-refractivity contribution in [2.75, 3.05) is 6.67 Å². The first-order valence-electron chi connectivity index (χ1n) is 5.35. The van der Waals surface area contributed by atoms with Gasteiger partial charge in [-0.1, -0.05) is 24.6 Å². The summed E-state index contributed by atoms with van der Waals surface area (Å²) in [4.78, 5) is 11.2. The second-order valence-electron chi connectivity index (χ2n) is 4.40. The Hall–Kier alpha value is -1.18. The van der Waals surface area contributed by atoms with Crippen LogP contribution in [0.4, 0.5) is 4.39 Å². The molecular weight excluding hydrogens is 191 g/mol. The molecule has 0 N–H and O–H groups in total. The van der Waals surface area contributed by atoms with Crippen molar-refractivity contribution < 1.29 is 9.18 Å². The lowest BCUT2D eigenvalue weighted by atomic mass is 9.65. The summed E-state index contributed by atoms with van der Waals surface area (Å²) in [5, 5.41) is 0. The highest BCUT2D eigenvalue weighted by Crippen LogP contribution is 2.44. The van der Waals surface area contributed by atoms with Crippen molar-refractivity contribution in [1.82, 2.24) is 0 Å². The van der Waals surface area contributed by atoms with Crippen LogP contribution in [0.5, 0.6) is 0 Å². The van der Waals surface area contributed by atoms with E-state index >= 15 is 0 Å². The molecule has 1 aromatic rings. The Bertz CT molecular complexity index is 374. The Balaban J connectivity index is 2.35. The average Bonchev–Trinajstić information content (AvgIpc) is 2.17. The highest BCUT2D eigenvalue weighted by Gasteiger charge is 2.38. The molecule has 0 amide bonds. The minimum atomic E-state index is -0.311. The predicted molar refractivity (Wildman–Crippen MR) is 58.0 cm³/mol. The maximum absolute atomic E-state index is 13.0. The van der Waals surface area contributed by atoms with Crippen molar-refractivity contribution >= 4 is 5.78 Å². The van der Waals surface area contributed by atoms with Crippen LogP contribution >= 0.6 is 0 Å². The summed E-state index contributed by atoms with van der Waals surface area (Å²) in [6, 6.07) is 7.42. The molecule has 1 saturated carbocycles. The normalized spacial score (nSPS) is 18.3. The summed E-state index contributed by atoms with van der Waals surface area (Å²) in [6.45, 7) is 1.23. The van der Waals surface area contributed by atoms with Crippen molar-refractivity contribution in [2.24, 2.45) is 0 Å². The third-order valence-corrected chi connectivity index (χ3v) is 3.45. The van der Waals surface area contributed by atoms with Gasteiger partial charge in [0.2, 0.25) is 0 Å². The summed E-state index contributed by atoms with van der Waals surface area (Å²) in [5.41, 5.74) is 1.39. The van der Waals surface area contributed by atoms with Gasteiger partial charge < -0.3 is 0 Å². The van der Waals surface area contributed by atoms with Crippen LogP contribution in [-0.4, -0.2) is 12.5 Å². The van der Waals surface area contributed by atoms with Gasteiger partial charge in [0.25, 0.3) is 0 Å². The van der Waals surface area contributed by atoms with Gasteiger partial charge in [-0.3, -0.25) is 9.18 Å². The molecule has 0 atom stereocenters. The standard InChI is InChI=1S/C13H15FO/c1-10(15)11-4-2-5-12(8-11)13(9-14)6-3-7-13/h2,4-5,8H,3,6-7,9H2,1H3. The van der Waals surface area contributed by atoms with Crippen LogP contribution in [0.15, 0.2) is 24.3 Å². The molecule has 15 heavy (non-hydrogen) atoms. The SMILES string of the molecule is CC(=O)c1cccc(C2(CF)CCC2)c1. The molecule has 1 aliphatic rings. The van der Waals surface area contributed by atoms with Gasteiger partial charge in [0.1, 0.15) is 0 Å². The number of Topliss-reactive ketones (excluding diaryl/α,β-unsaturated/α-hetero) is 1. The smallest absolute Gasteiger partial charge is 0.159 e. The zero-order chi connectivity index (χ0) is 10.9. The average molecular weight is 206 g/mol. The Morgan fingerprint density at radius 1 is 1.47 bits per heavy atom. The Morgan fingerprint density at radius 2 is 2.20 bits per heavy atom. The number of benzene rings is 1. The van der Waals surface area contributed by atoms with Crippen LogP contribution in [-0.2, 0) is 5.41 Å². The quantitative estimate of drug-likeness (QED) is 0.693. The molecule has 1 nitrogen and oxygen atoms in total. The van der Waals surface area contributed by atoms with Crippen LogP contribution in [0.2, 0.25) is 0 Å². The fourth-order valence-corrected chi connectivity index (χ4v) is 2.17. The van der Waals surface area contributed by atoms with Gasteiger partial charge >= 0.3 is 0 Å². The van der Waals surface area contributed by atoms with E-state index in [0.29, 0.717) is 5.56 Å². The Morgan fingerprint density at radius 3 is 2.67 bits per heavy atom. The number of halogens is 1. The van der Waals surface area contributed by atoms with Crippen LogP contribution in [0, 0.1) is 0 Å². The van der Waals surface area contributed by atoms with E-state index in [1.807, 2.05) is 18.2 Å². The van der Waals surface area contributed by atoms with Gasteiger partial charge in [-0.15, -0.1) is 0 Å². The fraction of sp³-hybridized carbons (Fsp3) is 0.462. The fourth-order valence-electron chi connectivity index (χ4n) is 2.17. The van der Waals surface area contributed by atoms with E-state index in [4.69, 9.17) is 0 Å². The summed E-state index contributed by atoms with van der Waals surface area (Å²) in [6.07, 6.45) is 2.91. The molecule has 0 heterocycles. The number of carbonyl (C=O) groups is 1. The van der Waals surface area contributed by atoms with E-state index in [0.717, 1.165) is 24.8 Å². The van der Waals surface area contributed by atoms with E-state index < -0.39 is 0 Å². The second kappa shape index (κ2) is 3.76. The van der Waals surface area contributed by atoms with Gasteiger partial charge in [0.15, 0.2) is 5.78 Å². The topological polar surface area (TPSA) is 17.1 Å². The van der Waals surface area contributed by atoms with Crippen molar-refractivity contribution in [3.63, 3.8) is 0 Å². The van der Waals surface area contributed by atoms with Gasteiger partial charge in [-0.2, -0.15) is 0 Å². The third kappa shape index (κ3) is 1.69. The molecule has 1 aliphatic carbocycles. The molecule has 0 saturated heterocycles. The number of hydrogen-bond donors (Lipinski definition) is 0. The lowest BCUT2D eigenvalue weighted by Gasteiger charge is -2.40. The molecule has 0 unspecified atom stereocenters. The molecule has 1 aromatic carbocycles. The predicted octanol–water partition coefficient (Wildman–Crippen LogP) is 3.28. The zero-order valence-corrected chi connectivity index (χ0v) is 8.92. The molecule has 2 rings (SSSR count). The third-order valence-electron chi connectivity index (χ3n) is 3.45. The Labute approximate surface area is 89.3 Å². The molecule has 0 aliphatic heterocycles. The first kappa shape index (κ1) is 10.3. The molecule has 80 valence electrons. The van der Waals surface area contributed by atoms with Gasteiger partial charge in [0.05, 0.1) is 6.67 Å². The van der Waals surface area contributed by atoms with E-state index in [-0.39, 0.29) is 17.9 Å². The van der Waals surface area contributed by atoms with Crippen LogP contribution in [0.1, 0.15) is 42.1 Å². The number of alkyl halides is 1. The van der Waals surface area contributed by atoms with Crippen molar-refractivity contribution in [3.05, 3.63) is 35.4 Å². The molecule has 1 fully saturated rings. The zero-order valence-electron chi connectivity index (χ0n) is 8.92. The maximum atomic E-state index is 13.0. The van der Waals surface area contributed by atoms with Gasteiger partial charge in [0, 0.05) is 11.0 Å². The summed E-state index contributed by atoms with van der Waals surface area (Å²) < 4.78 is 13.0. The van der Waals surface area contributed by atoms with Crippen molar-refractivity contribution in [1.29, 1.82) is 0 Å². The van der Waals surface area contributed by atoms with Gasteiger partial charge in [-0.25, -0.2) is 0 Å². The van der Waals surface area contributed by atoms with E-state index in [9.17, 15) is 9.18 Å². The maximum Gasteiger partial charge on any atom is 0.159 e. The van der Waals surface area contributed by atoms with Crippen molar-refractivity contribution in [3.8, 4) is 0 Å². The molecular formula is C13H15FO.